The second-order valence-corrected chi connectivity index (χ2v) is 6.75. The Labute approximate surface area is 115 Å². The summed E-state index contributed by atoms with van der Waals surface area (Å²) in [7, 11) is 0. The van der Waals surface area contributed by atoms with Gasteiger partial charge in [-0.15, -0.1) is 0 Å². The van der Waals surface area contributed by atoms with Crippen molar-refractivity contribution in [1.29, 1.82) is 0 Å². The molecule has 4 nitrogen and oxygen atoms in total. The maximum Gasteiger partial charge on any atom is 0.224 e. The minimum absolute atomic E-state index is 0.212. The summed E-state index contributed by atoms with van der Waals surface area (Å²) in [6.45, 7) is 2.57. The zero-order valence-corrected chi connectivity index (χ0v) is 11.8. The monoisotopic (exact) mass is 266 g/mol. The highest BCUT2D eigenvalue weighted by Gasteiger charge is 2.39. The number of carbonyl (C=O) groups excluding carboxylic acids is 1. The highest BCUT2D eigenvalue weighted by Crippen LogP contribution is 2.34. The van der Waals surface area contributed by atoms with Gasteiger partial charge in [0.1, 0.15) is 0 Å². The van der Waals surface area contributed by atoms with Crippen LogP contribution in [0.2, 0.25) is 0 Å². The van der Waals surface area contributed by atoms with Gasteiger partial charge in [0.15, 0.2) is 0 Å². The number of rotatable bonds is 5. The lowest BCUT2D eigenvalue weighted by Crippen LogP contribution is -2.45. The summed E-state index contributed by atoms with van der Waals surface area (Å²) in [6.07, 6.45) is 8.41. The van der Waals surface area contributed by atoms with Gasteiger partial charge < -0.3 is 15.4 Å². The maximum atomic E-state index is 12.6. The van der Waals surface area contributed by atoms with Crippen LogP contribution in [-0.2, 0) is 9.53 Å². The molecular formula is C15H26N2O2. The third-order valence-electron chi connectivity index (χ3n) is 4.89. The summed E-state index contributed by atoms with van der Waals surface area (Å²) in [5, 5.41) is 0. The van der Waals surface area contributed by atoms with Crippen molar-refractivity contribution in [2.75, 3.05) is 19.8 Å². The van der Waals surface area contributed by atoms with Gasteiger partial charge in [-0.3, -0.25) is 4.79 Å². The van der Waals surface area contributed by atoms with Crippen molar-refractivity contribution in [3.63, 3.8) is 0 Å². The van der Waals surface area contributed by atoms with Crippen LogP contribution in [0.15, 0.2) is 0 Å². The van der Waals surface area contributed by atoms with Crippen molar-refractivity contribution in [3.8, 4) is 0 Å². The average Bonchev–Trinajstić information content (AvgIpc) is 2.91. The summed E-state index contributed by atoms with van der Waals surface area (Å²) in [5.41, 5.74) is 6.14. The Morgan fingerprint density at radius 1 is 1.26 bits per heavy atom. The molecule has 2 aliphatic carbocycles. The van der Waals surface area contributed by atoms with Gasteiger partial charge >= 0.3 is 0 Å². The molecule has 108 valence electrons. The van der Waals surface area contributed by atoms with E-state index >= 15 is 0 Å². The smallest absolute Gasteiger partial charge is 0.224 e. The molecule has 0 aromatic carbocycles. The van der Waals surface area contributed by atoms with Crippen molar-refractivity contribution >= 4 is 5.91 Å². The zero-order chi connectivity index (χ0) is 13.3. The van der Waals surface area contributed by atoms with E-state index < -0.39 is 0 Å². The fourth-order valence-corrected chi connectivity index (χ4v) is 3.50. The molecule has 1 aliphatic heterocycles. The Hall–Kier alpha value is -0.610. The molecule has 2 N–H and O–H groups in total. The lowest BCUT2D eigenvalue weighted by molar-refractivity contribution is -0.133. The Morgan fingerprint density at radius 3 is 2.58 bits per heavy atom. The van der Waals surface area contributed by atoms with E-state index in [4.69, 9.17) is 10.5 Å². The molecule has 0 bridgehead atoms. The highest BCUT2D eigenvalue weighted by molar-refractivity contribution is 5.78. The Morgan fingerprint density at radius 2 is 2.00 bits per heavy atom. The molecule has 3 aliphatic rings. The van der Waals surface area contributed by atoms with Crippen LogP contribution in [0.25, 0.3) is 0 Å². The summed E-state index contributed by atoms with van der Waals surface area (Å²) < 4.78 is 5.43. The van der Waals surface area contributed by atoms with Gasteiger partial charge in [0.25, 0.3) is 0 Å². The average molecular weight is 266 g/mol. The van der Waals surface area contributed by atoms with Crippen LogP contribution >= 0.6 is 0 Å². The molecule has 1 atom stereocenters. The lowest BCUT2D eigenvalue weighted by atomic mass is 9.93. The van der Waals surface area contributed by atoms with Gasteiger partial charge in [0, 0.05) is 37.1 Å². The molecule has 19 heavy (non-hydrogen) atoms. The lowest BCUT2D eigenvalue weighted by Gasteiger charge is -2.30. The third kappa shape index (κ3) is 3.29. The molecular weight excluding hydrogens is 240 g/mol. The predicted octanol–water partition coefficient (Wildman–Crippen LogP) is 1.68. The van der Waals surface area contributed by atoms with Gasteiger partial charge in [0.2, 0.25) is 5.91 Å². The van der Waals surface area contributed by atoms with Gasteiger partial charge in [-0.1, -0.05) is 12.8 Å². The number of nitrogens with zero attached hydrogens (tertiary/aromatic N) is 1. The molecule has 0 radical (unpaired) electrons. The van der Waals surface area contributed by atoms with E-state index in [1.807, 2.05) is 0 Å². The molecule has 1 amide bonds. The quantitative estimate of drug-likeness (QED) is 0.823. The number of amides is 1. The number of hydrogen-bond donors (Lipinski definition) is 1. The summed E-state index contributed by atoms with van der Waals surface area (Å²) in [5.74, 6) is 0.834. The summed E-state index contributed by atoms with van der Waals surface area (Å²) >= 11 is 0. The van der Waals surface area contributed by atoms with Gasteiger partial charge in [-0.25, -0.2) is 0 Å². The summed E-state index contributed by atoms with van der Waals surface area (Å²) in [6, 6.07) is 0.498. The van der Waals surface area contributed by atoms with Gasteiger partial charge in [-0.05, 0) is 32.1 Å². The van der Waals surface area contributed by atoms with Crippen LogP contribution in [0.1, 0.15) is 51.4 Å². The van der Waals surface area contributed by atoms with Crippen LogP contribution in [0.3, 0.4) is 0 Å². The van der Waals surface area contributed by atoms with E-state index in [-0.39, 0.29) is 5.54 Å². The van der Waals surface area contributed by atoms with Crippen LogP contribution in [0.4, 0.5) is 0 Å². The van der Waals surface area contributed by atoms with Gasteiger partial charge in [0.05, 0.1) is 6.61 Å². The van der Waals surface area contributed by atoms with E-state index in [0.717, 1.165) is 39.0 Å². The maximum absolute atomic E-state index is 12.6. The molecule has 3 rings (SSSR count). The number of carbonyl (C=O) groups is 1. The van der Waals surface area contributed by atoms with Crippen LogP contribution < -0.4 is 5.73 Å². The van der Waals surface area contributed by atoms with Crippen LogP contribution in [-0.4, -0.2) is 42.1 Å². The first-order valence-corrected chi connectivity index (χ1v) is 7.82. The molecule has 2 saturated carbocycles. The molecule has 0 spiro atoms. The van der Waals surface area contributed by atoms with E-state index in [1.54, 1.807) is 0 Å². The molecule has 0 aromatic heterocycles. The molecule has 3 fully saturated rings. The molecule has 0 aromatic rings. The largest absolute Gasteiger partial charge is 0.381 e. The molecule has 1 unspecified atom stereocenters. The highest BCUT2D eigenvalue weighted by atomic mass is 16.5. The minimum Gasteiger partial charge on any atom is -0.381 e. The second kappa shape index (κ2) is 5.41. The van der Waals surface area contributed by atoms with E-state index in [9.17, 15) is 4.79 Å². The molecule has 4 heteroatoms. The number of ether oxygens (including phenoxy) is 1. The Kier molecular flexibility index (Phi) is 3.81. The van der Waals surface area contributed by atoms with Crippen LogP contribution in [0.5, 0.6) is 0 Å². The third-order valence-corrected chi connectivity index (χ3v) is 4.89. The number of hydrogen-bond acceptors (Lipinski definition) is 3. The first-order valence-electron chi connectivity index (χ1n) is 7.82. The van der Waals surface area contributed by atoms with Crippen LogP contribution in [0, 0.1) is 5.92 Å². The fraction of sp³-hybridized carbons (Fsp3) is 0.933. The minimum atomic E-state index is -0.212. The predicted molar refractivity (Wildman–Crippen MR) is 73.7 cm³/mol. The normalized spacial score (nSPS) is 29.6. The van der Waals surface area contributed by atoms with E-state index in [2.05, 4.69) is 4.90 Å². The van der Waals surface area contributed by atoms with Crippen molar-refractivity contribution < 1.29 is 9.53 Å². The first-order chi connectivity index (χ1) is 9.16. The van der Waals surface area contributed by atoms with Crippen molar-refractivity contribution in [2.24, 2.45) is 11.7 Å². The zero-order valence-electron chi connectivity index (χ0n) is 11.8. The fourth-order valence-electron chi connectivity index (χ4n) is 3.50. The van der Waals surface area contributed by atoms with Crippen molar-refractivity contribution in [1.82, 2.24) is 4.90 Å². The Bertz CT molecular complexity index is 329. The number of nitrogens with two attached hydrogens (primary N) is 1. The summed E-state index contributed by atoms with van der Waals surface area (Å²) in [4.78, 5) is 14.7. The second-order valence-electron chi connectivity index (χ2n) is 6.75. The van der Waals surface area contributed by atoms with Crippen molar-refractivity contribution in [2.45, 2.75) is 62.9 Å². The molecule has 1 heterocycles. The van der Waals surface area contributed by atoms with E-state index in [0.29, 0.717) is 24.3 Å². The Balaban J connectivity index is 1.57. The van der Waals surface area contributed by atoms with E-state index in [1.165, 1.54) is 25.7 Å². The SMILES string of the molecule is NC1(CC(=O)N(CC2CCOC2)C2CC2)CCCC1. The topological polar surface area (TPSA) is 55.6 Å². The van der Waals surface area contributed by atoms with Gasteiger partial charge in [-0.2, -0.15) is 0 Å². The molecule has 1 saturated heterocycles. The first kappa shape index (κ1) is 13.4. The van der Waals surface area contributed by atoms with Crippen molar-refractivity contribution in [3.05, 3.63) is 0 Å². The standard InChI is InChI=1S/C15H26N2O2/c16-15(6-1-2-7-15)9-14(18)17(13-3-4-13)10-12-5-8-19-11-12/h12-13H,1-11,16H2.